The van der Waals surface area contributed by atoms with Crippen molar-refractivity contribution in [3.05, 3.63) is 36.3 Å². The van der Waals surface area contributed by atoms with E-state index in [9.17, 15) is 21.6 Å². The zero-order chi connectivity index (χ0) is 20.1. The number of hydrogen-bond acceptors (Lipinski definition) is 4. The fourth-order valence-electron chi connectivity index (χ4n) is 3.98. The van der Waals surface area contributed by atoms with Gasteiger partial charge in [-0.25, -0.2) is 17.7 Å². The van der Waals surface area contributed by atoms with Crippen LogP contribution in [0.2, 0.25) is 0 Å². The predicted molar refractivity (Wildman–Crippen MR) is 99.3 cm³/mol. The number of nitrogens with zero attached hydrogens (tertiary/aromatic N) is 3. The molecule has 0 amide bonds. The molecule has 0 spiro atoms. The minimum atomic E-state index is -4.76. The molecule has 4 rings (SSSR count). The van der Waals surface area contributed by atoms with Crippen LogP contribution in [0.3, 0.4) is 0 Å². The Hall–Kier alpha value is -2.20. The lowest BCUT2D eigenvalue weighted by Gasteiger charge is -2.37. The number of fused-ring (bicyclic) bond motifs is 3. The van der Waals surface area contributed by atoms with Crippen LogP contribution in [0.4, 0.5) is 13.2 Å². The lowest BCUT2D eigenvalue weighted by Crippen LogP contribution is -2.45. The average Bonchev–Trinajstić information content (AvgIpc) is 3.08. The molecule has 6 nitrogen and oxygen atoms in total. The van der Waals surface area contributed by atoms with Gasteiger partial charge in [0.25, 0.3) is 0 Å². The quantitative estimate of drug-likeness (QED) is 0.715. The molecule has 28 heavy (non-hydrogen) atoms. The molecule has 0 radical (unpaired) electrons. The molecule has 0 saturated carbocycles. The first-order valence-corrected chi connectivity index (χ1v) is 10.5. The van der Waals surface area contributed by atoms with Crippen LogP contribution in [0.25, 0.3) is 21.9 Å². The second-order valence-corrected chi connectivity index (χ2v) is 9.23. The minimum absolute atomic E-state index is 0.0208. The molecule has 3 aromatic heterocycles. The second-order valence-electron chi connectivity index (χ2n) is 7.26. The van der Waals surface area contributed by atoms with E-state index in [4.69, 9.17) is 0 Å². The molecule has 2 atom stereocenters. The number of pyridine rings is 2. The van der Waals surface area contributed by atoms with Crippen molar-refractivity contribution in [2.24, 2.45) is 5.92 Å². The lowest BCUT2D eigenvalue weighted by atomic mass is 9.81. The van der Waals surface area contributed by atoms with Gasteiger partial charge in [0.05, 0.1) is 11.7 Å². The summed E-state index contributed by atoms with van der Waals surface area (Å²) in [5.74, 6) is -1.95. The van der Waals surface area contributed by atoms with E-state index in [-0.39, 0.29) is 24.9 Å². The maximum absolute atomic E-state index is 12.7. The Bertz CT molecular complexity index is 1130. The molecule has 1 N–H and O–H groups in total. The number of aromatic amines is 1. The summed E-state index contributed by atoms with van der Waals surface area (Å²) in [6.45, 7) is 2.12. The summed E-state index contributed by atoms with van der Waals surface area (Å²) in [5, 5.41) is 1.73. The smallest absolute Gasteiger partial charge is 0.346 e. The molecule has 1 aliphatic heterocycles. The summed E-state index contributed by atoms with van der Waals surface area (Å²) in [4.78, 5) is 11.7. The summed E-state index contributed by atoms with van der Waals surface area (Å²) in [5.41, 5.74) is 2.25. The van der Waals surface area contributed by atoms with Crippen molar-refractivity contribution >= 4 is 32.0 Å². The Kier molecular flexibility index (Phi) is 4.58. The summed E-state index contributed by atoms with van der Waals surface area (Å²) in [7, 11) is -4.42. The number of piperidine rings is 1. The first kappa shape index (κ1) is 19.1. The summed E-state index contributed by atoms with van der Waals surface area (Å²) >= 11 is 0. The fourth-order valence-corrected chi connectivity index (χ4v) is 5.35. The fraction of sp³-hybridized carbons (Fsp3) is 0.444. The zero-order valence-corrected chi connectivity index (χ0v) is 15.9. The van der Waals surface area contributed by atoms with Gasteiger partial charge in [0.15, 0.2) is 5.75 Å². The molecule has 1 fully saturated rings. The highest BCUT2D eigenvalue weighted by Crippen LogP contribution is 2.38. The van der Waals surface area contributed by atoms with Gasteiger partial charge in [-0.05, 0) is 30.0 Å². The van der Waals surface area contributed by atoms with Crippen LogP contribution in [0, 0.1) is 5.92 Å². The lowest BCUT2D eigenvalue weighted by molar-refractivity contribution is -0.107. The SMILES string of the molecule is CC1CCN(S(=O)(=O)CC(F)(F)F)CC1c1ccnc2cnc3[nH]ccc3c12. The number of halogens is 3. The van der Waals surface area contributed by atoms with Crippen LogP contribution in [0.5, 0.6) is 0 Å². The highest BCUT2D eigenvalue weighted by Gasteiger charge is 2.41. The van der Waals surface area contributed by atoms with Gasteiger partial charge in [-0.3, -0.25) is 4.98 Å². The van der Waals surface area contributed by atoms with E-state index >= 15 is 0 Å². The van der Waals surface area contributed by atoms with Crippen molar-refractivity contribution in [1.29, 1.82) is 0 Å². The van der Waals surface area contributed by atoms with Crippen LogP contribution in [0.1, 0.15) is 24.8 Å². The molecule has 2 unspecified atom stereocenters. The maximum atomic E-state index is 12.7. The Morgan fingerprint density at radius 3 is 2.82 bits per heavy atom. The number of rotatable bonds is 3. The van der Waals surface area contributed by atoms with E-state index in [2.05, 4.69) is 15.0 Å². The Labute approximate surface area is 159 Å². The molecule has 3 aromatic rings. The maximum Gasteiger partial charge on any atom is 0.404 e. The molecule has 1 aliphatic rings. The third-order valence-electron chi connectivity index (χ3n) is 5.38. The van der Waals surface area contributed by atoms with Gasteiger partial charge in [-0.1, -0.05) is 6.92 Å². The van der Waals surface area contributed by atoms with Gasteiger partial charge < -0.3 is 4.98 Å². The largest absolute Gasteiger partial charge is 0.404 e. The van der Waals surface area contributed by atoms with Crippen LogP contribution in [0.15, 0.2) is 30.7 Å². The molecule has 0 aliphatic carbocycles. The predicted octanol–water partition coefficient (Wildman–Crippen LogP) is 3.43. The summed E-state index contributed by atoms with van der Waals surface area (Å²) in [6.07, 6.45) is 0.770. The van der Waals surface area contributed by atoms with Gasteiger partial charge in [-0.15, -0.1) is 0 Å². The third kappa shape index (κ3) is 3.46. The summed E-state index contributed by atoms with van der Waals surface area (Å²) in [6, 6.07) is 3.71. The number of aromatic nitrogens is 3. The number of nitrogens with one attached hydrogen (secondary N) is 1. The summed E-state index contributed by atoms with van der Waals surface area (Å²) < 4.78 is 63.8. The molecular formula is C18H19F3N4O2S. The number of hydrogen-bond donors (Lipinski definition) is 1. The van der Waals surface area contributed by atoms with Crippen molar-refractivity contribution in [2.75, 3.05) is 18.8 Å². The van der Waals surface area contributed by atoms with Crippen LogP contribution in [-0.4, -0.2) is 52.7 Å². The Morgan fingerprint density at radius 2 is 2.07 bits per heavy atom. The van der Waals surface area contributed by atoms with Crippen LogP contribution < -0.4 is 0 Å². The van der Waals surface area contributed by atoms with Crippen molar-refractivity contribution in [3.8, 4) is 0 Å². The minimum Gasteiger partial charge on any atom is -0.346 e. The van der Waals surface area contributed by atoms with Gasteiger partial charge in [-0.2, -0.15) is 13.2 Å². The van der Waals surface area contributed by atoms with Crippen LogP contribution >= 0.6 is 0 Å². The molecule has 10 heteroatoms. The van der Waals surface area contributed by atoms with Crippen molar-refractivity contribution in [3.63, 3.8) is 0 Å². The van der Waals surface area contributed by atoms with E-state index in [1.54, 1.807) is 18.6 Å². The van der Waals surface area contributed by atoms with E-state index < -0.39 is 22.0 Å². The molecule has 1 saturated heterocycles. The standard InChI is InChI=1S/C18H19F3N4O2S/c1-11-4-7-25(28(26,27)10-18(19,20)21)9-14(11)12-2-5-22-15-8-24-17-13(16(12)15)3-6-23-17/h2-3,5-6,8,11,14H,4,7,9-10H2,1H3,(H,23,24). The van der Waals surface area contributed by atoms with Crippen molar-refractivity contribution in [2.45, 2.75) is 25.4 Å². The van der Waals surface area contributed by atoms with Crippen molar-refractivity contribution in [1.82, 2.24) is 19.3 Å². The highest BCUT2D eigenvalue weighted by molar-refractivity contribution is 7.89. The number of H-pyrrole nitrogens is 1. The van der Waals surface area contributed by atoms with E-state index in [0.29, 0.717) is 17.6 Å². The molecule has 4 heterocycles. The second kappa shape index (κ2) is 6.70. The topological polar surface area (TPSA) is 79.0 Å². The first-order valence-electron chi connectivity index (χ1n) is 8.91. The first-order chi connectivity index (χ1) is 13.2. The molecule has 150 valence electrons. The molecular weight excluding hydrogens is 393 g/mol. The van der Waals surface area contributed by atoms with Gasteiger partial charge in [0, 0.05) is 42.2 Å². The van der Waals surface area contributed by atoms with Crippen LogP contribution in [-0.2, 0) is 10.0 Å². The normalized spacial score (nSPS) is 22.1. The zero-order valence-electron chi connectivity index (χ0n) is 15.1. The molecule has 0 bridgehead atoms. The van der Waals surface area contributed by atoms with Gasteiger partial charge in [0.1, 0.15) is 5.65 Å². The van der Waals surface area contributed by atoms with E-state index in [1.165, 1.54) is 0 Å². The van der Waals surface area contributed by atoms with E-state index in [0.717, 1.165) is 20.6 Å². The Balaban J connectivity index is 1.77. The molecule has 0 aromatic carbocycles. The van der Waals surface area contributed by atoms with E-state index in [1.807, 2.05) is 19.1 Å². The van der Waals surface area contributed by atoms with Gasteiger partial charge >= 0.3 is 6.18 Å². The van der Waals surface area contributed by atoms with Gasteiger partial charge in [0.2, 0.25) is 10.0 Å². The third-order valence-corrected chi connectivity index (χ3v) is 7.19. The Morgan fingerprint density at radius 1 is 1.29 bits per heavy atom. The van der Waals surface area contributed by atoms with Crippen molar-refractivity contribution < 1.29 is 21.6 Å². The number of sulfonamides is 1. The highest BCUT2D eigenvalue weighted by atomic mass is 32.2. The average molecular weight is 412 g/mol. The monoisotopic (exact) mass is 412 g/mol. The number of alkyl halides is 3.